The van der Waals surface area contributed by atoms with Crippen LogP contribution in [0.3, 0.4) is 0 Å². The predicted molar refractivity (Wildman–Crippen MR) is 234 cm³/mol. The summed E-state index contributed by atoms with van der Waals surface area (Å²) < 4.78 is 23.1. The van der Waals surface area contributed by atoms with Gasteiger partial charge in [-0.05, 0) is 33.1 Å². The fourth-order valence-electron chi connectivity index (χ4n) is 7.95. The Balaban J connectivity index is 0.0000150. The molecule has 2 bridgehead atoms. The second-order valence-corrected chi connectivity index (χ2v) is 17.5. The van der Waals surface area contributed by atoms with Crippen molar-refractivity contribution in [3.05, 3.63) is 85.1 Å². The zero-order chi connectivity index (χ0) is 48.4. The summed E-state index contributed by atoms with van der Waals surface area (Å²) in [6.07, 6.45) is 2.97. The zero-order valence-corrected chi connectivity index (χ0v) is 38.5. The quantitative estimate of drug-likeness (QED) is 0.0962. The SMILES string of the molecule is C[C@@H]1[C@H](O)[C@@H](C)/C=C/C=C/C=C/C=C/C=C/C=C/C=C/[C@H](O[C@@H]2O[C@H](C)[C@@H](O)[C@H](N)[C@@H]2O)C[C@@H]2O[C@](O)(C[C@@H](O)C[C@@H](O)[C@H](O)CC[C@@H](O)C[C@@H](O)CC(=O)O[C@H]1C)C[C@H](O)[C@H]2C(=O)[O-].[Li+]. The van der Waals surface area contributed by atoms with Crippen LogP contribution < -0.4 is 29.7 Å². The molecule has 3 rings (SSSR count). The van der Waals surface area contributed by atoms with E-state index in [0.717, 1.165) is 0 Å². The molecule has 0 aromatic rings. The largest absolute Gasteiger partial charge is 1.00 e. The van der Waals surface area contributed by atoms with Gasteiger partial charge >= 0.3 is 24.8 Å². The van der Waals surface area contributed by atoms with Gasteiger partial charge in [-0.15, -0.1) is 0 Å². The van der Waals surface area contributed by atoms with Gasteiger partial charge in [0.15, 0.2) is 12.1 Å². The van der Waals surface area contributed by atoms with E-state index in [1.165, 1.54) is 13.0 Å². The number of aliphatic hydroxyl groups is 10. The van der Waals surface area contributed by atoms with Crippen molar-refractivity contribution in [3.8, 4) is 0 Å². The molecule has 0 unspecified atom stereocenters. The van der Waals surface area contributed by atoms with Crippen LogP contribution in [0.4, 0.5) is 0 Å². The van der Waals surface area contributed by atoms with Gasteiger partial charge in [0.25, 0.3) is 0 Å². The fraction of sp³-hybridized carbons (Fsp3) is 0.660. The Morgan fingerprint density at radius 1 is 0.682 bits per heavy atom. The molecule has 3 aliphatic heterocycles. The number of carbonyl (C=O) groups excluding carboxylic acids is 2. The number of rotatable bonds is 3. The summed E-state index contributed by atoms with van der Waals surface area (Å²) in [7, 11) is 0. The first-order chi connectivity index (χ1) is 30.6. The van der Waals surface area contributed by atoms with Gasteiger partial charge in [0.05, 0.1) is 85.5 Å². The Morgan fingerprint density at radius 3 is 1.82 bits per heavy atom. The Hall–Kier alpha value is -2.84. The minimum Gasteiger partial charge on any atom is -0.550 e. The van der Waals surface area contributed by atoms with Crippen LogP contribution in [0.15, 0.2) is 85.1 Å². The van der Waals surface area contributed by atoms with E-state index in [-0.39, 0.29) is 50.5 Å². The third-order valence-electron chi connectivity index (χ3n) is 12.0. The Bertz CT molecular complexity index is 1670. The van der Waals surface area contributed by atoms with Crippen LogP contribution in [0.25, 0.3) is 0 Å². The summed E-state index contributed by atoms with van der Waals surface area (Å²) in [5.74, 6) is -7.22. The molecule has 0 amide bonds. The maximum absolute atomic E-state index is 12.6. The van der Waals surface area contributed by atoms with Crippen molar-refractivity contribution < 1.29 is 104 Å². The minimum atomic E-state index is -2.35. The van der Waals surface area contributed by atoms with Gasteiger partial charge in [-0.3, -0.25) is 4.79 Å². The van der Waals surface area contributed by atoms with Gasteiger partial charge in [-0.2, -0.15) is 0 Å². The number of hydrogen-bond acceptors (Lipinski definition) is 18. The molecule has 368 valence electrons. The molecule has 0 aromatic carbocycles. The number of carboxylic acid groups (broad SMARTS) is 1. The smallest absolute Gasteiger partial charge is 0.550 e. The van der Waals surface area contributed by atoms with Gasteiger partial charge in [0.1, 0.15) is 12.2 Å². The molecule has 19 atom stereocenters. The number of carboxylic acids is 1. The number of aliphatic carboxylic acids is 1. The van der Waals surface area contributed by atoms with Gasteiger partial charge in [-0.1, -0.05) is 98.9 Å². The van der Waals surface area contributed by atoms with Crippen LogP contribution in [0, 0.1) is 17.8 Å². The third-order valence-corrected chi connectivity index (χ3v) is 12.0. The van der Waals surface area contributed by atoms with Crippen LogP contribution >= 0.6 is 0 Å². The number of allylic oxidation sites excluding steroid dienone is 12. The van der Waals surface area contributed by atoms with Crippen LogP contribution in [0.1, 0.15) is 79.1 Å². The van der Waals surface area contributed by atoms with Crippen molar-refractivity contribution in [2.75, 3.05) is 0 Å². The average molecular weight is 930 g/mol. The van der Waals surface area contributed by atoms with Gasteiger partial charge in [-0.25, -0.2) is 0 Å². The molecule has 3 heterocycles. The molecule has 18 nitrogen and oxygen atoms in total. The van der Waals surface area contributed by atoms with Crippen molar-refractivity contribution in [1.82, 2.24) is 0 Å². The number of aliphatic hydroxyl groups excluding tert-OH is 9. The van der Waals surface area contributed by atoms with Crippen LogP contribution in [-0.2, 0) is 28.5 Å². The third kappa shape index (κ3) is 19.6. The fourth-order valence-corrected chi connectivity index (χ4v) is 7.95. The van der Waals surface area contributed by atoms with E-state index in [4.69, 9.17) is 24.7 Å². The van der Waals surface area contributed by atoms with E-state index in [1.54, 1.807) is 86.8 Å². The van der Waals surface area contributed by atoms with E-state index in [1.807, 2.05) is 13.0 Å². The Labute approximate surface area is 399 Å². The minimum absolute atomic E-state index is 0. The van der Waals surface area contributed by atoms with E-state index in [9.17, 15) is 65.8 Å². The van der Waals surface area contributed by atoms with E-state index >= 15 is 0 Å². The van der Waals surface area contributed by atoms with Gasteiger partial charge in [0, 0.05) is 43.5 Å². The summed E-state index contributed by atoms with van der Waals surface area (Å²) >= 11 is 0. The van der Waals surface area contributed by atoms with Crippen molar-refractivity contribution in [2.24, 2.45) is 23.5 Å². The summed E-state index contributed by atoms with van der Waals surface area (Å²) in [5, 5.41) is 120. The molecule has 0 spiro atoms. The first-order valence-corrected chi connectivity index (χ1v) is 22.3. The number of fused-ring (bicyclic) bond motifs is 2. The summed E-state index contributed by atoms with van der Waals surface area (Å²) in [6.45, 7) is 6.73. The topological polar surface area (TPSA) is 322 Å². The second kappa shape index (κ2) is 29.2. The van der Waals surface area contributed by atoms with Crippen molar-refractivity contribution in [2.45, 2.75) is 177 Å². The molecular weight excluding hydrogens is 857 g/mol. The molecule has 66 heavy (non-hydrogen) atoms. The molecule has 19 heteroatoms. The summed E-state index contributed by atoms with van der Waals surface area (Å²) in [4.78, 5) is 25.0. The number of nitrogens with two attached hydrogens (primary N) is 1. The standard InChI is InChI=1S/C47H73NO17.Li/c1-27-17-15-13-11-9-7-5-6-8-10-12-14-16-18-34(64-46-44(58)41(48)43(57)30(4)63-46)24-38-40(45(59)60)37(54)26-47(61,65-38)25-33(51)22-36(53)35(52)20-19-31(49)21-32(50)23-39(55)62-29(3)28(2)42(27)56;/h5-18,27-38,40-44,46,49-54,56-58,61H,19-26,48H2,1-4H3,(H,59,60);/q;+1/p-1/b6-5+,9-7+,10-8+,13-11+,14-12+,17-15+,18-16+;/t27-,28-,29-,30+,31+,32+,33-,34-,35+,36+,37-,38-,40+,41-,42+,43+,44-,46-,47+;/m0./s1. The molecule has 0 aliphatic carbocycles. The van der Waals surface area contributed by atoms with Crippen LogP contribution in [0.5, 0.6) is 0 Å². The molecule has 0 radical (unpaired) electrons. The first-order valence-electron chi connectivity index (χ1n) is 22.3. The van der Waals surface area contributed by atoms with Crippen LogP contribution in [0.2, 0.25) is 0 Å². The number of carbonyl (C=O) groups is 2. The van der Waals surface area contributed by atoms with Gasteiger partial charge in [0.2, 0.25) is 0 Å². The van der Waals surface area contributed by atoms with E-state index in [2.05, 4.69) is 0 Å². The predicted octanol–water partition coefficient (Wildman–Crippen LogP) is -3.62. The molecule has 12 N–H and O–H groups in total. The van der Waals surface area contributed by atoms with Crippen molar-refractivity contribution in [1.29, 1.82) is 0 Å². The van der Waals surface area contributed by atoms with Crippen molar-refractivity contribution in [3.63, 3.8) is 0 Å². The average Bonchev–Trinajstić information content (AvgIpc) is 3.21. The van der Waals surface area contributed by atoms with Crippen molar-refractivity contribution >= 4 is 11.9 Å². The van der Waals surface area contributed by atoms with Crippen LogP contribution in [-0.4, -0.2) is 160 Å². The first kappa shape index (κ1) is 59.3. The molecule has 2 saturated heterocycles. The molecular formula is C47H72LiNO17. The molecule has 0 saturated carbocycles. The second-order valence-electron chi connectivity index (χ2n) is 17.5. The normalized spacial score (nSPS) is 44.8. The summed E-state index contributed by atoms with van der Waals surface area (Å²) in [6, 6.07) is -1.16. The van der Waals surface area contributed by atoms with Gasteiger partial charge < -0.3 is 85.6 Å². The molecule has 0 aromatic heterocycles. The van der Waals surface area contributed by atoms with E-state index in [0.29, 0.717) is 0 Å². The number of hydrogen-bond donors (Lipinski definition) is 11. The monoisotopic (exact) mass is 929 g/mol. The summed E-state index contributed by atoms with van der Waals surface area (Å²) in [5.41, 5.74) is 6.01. The molecule has 3 aliphatic rings. The number of ether oxygens (including phenoxy) is 4. The maximum atomic E-state index is 12.6. The maximum Gasteiger partial charge on any atom is 1.00 e. The number of esters is 1. The molecule has 2 fully saturated rings. The zero-order valence-electron chi connectivity index (χ0n) is 38.5. The number of cyclic esters (lactones) is 1. The van der Waals surface area contributed by atoms with E-state index < -0.39 is 147 Å². The Kier molecular flexibility index (Phi) is 26.3. The Morgan fingerprint density at radius 2 is 1.24 bits per heavy atom.